The molecule has 0 amide bonds. The van der Waals surface area contributed by atoms with E-state index < -0.39 is 21.2 Å². The molecular weight excluding hydrogens is 213 g/mol. The molecule has 0 bridgehead atoms. The lowest BCUT2D eigenvalue weighted by molar-refractivity contribution is -0.132. The summed E-state index contributed by atoms with van der Waals surface area (Å²) in [5.41, 5.74) is 0. The number of hydrogen-bond acceptors (Lipinski definition) is 2. The van der Waals surface area contributed by atoms with E-state index in [0.717, 1.165) is 0 Å². The highest BCUT2D eigenvalue weighted by molar-refractivity contribution is 6.66. The van der Waals surface area contributed by atoms with Gasteiger partial charge in [0.15, 0.2) is 0 Å². The number of rotatable bonds is 6. The van der Waals surface area contributed by atoms with Crippen LogP contribution in [0.25, 0.3) is 0 Å². The maximum Gasteiger partial charge on any atom is 0.389 e. The van der Waals surface area contributed by atoms with Gasteiger partial charge in [-0.1, -0.05) is 0 Å². The van der Waals surface area contributed by atoms with Gasteiger partial charge in [-0.2, -0.15) is 13.2 Å². The molecule has 0 aliphatic rings. The maximum absolute atomic E-state index is 12.0. The van der Waals surface area contributed by atoms with Crippen molar-refractivity contribution in [3.8, 4) is 0 Å². The lowest BCUT2D eigenvalue weighted by Crippen LogP contribution is -2.39. The second kappa shape index (κ2) is 5.72. The molecule has 0 N–H and O–H groups in total. The second-order valence-electron chi connectivity index (χ2n) is 3.12. The largest absolute Gasteiger partial charge is 0.395 e. The lowest BCUT2D eigenvalue weighted by Gasteiger charge is -2.26. The zero-order valence-electron chi connectivity index (χ0n) is 8.78. The Morgan fingerprint density at radius 2 is 1.50 bits per heavy atom. The normalized spacial score (nSPS) is 13.3. The quantitative estimate of drug-likeness (QED) is 0.653. The minimum absolute atomic E-state index is 0.0296. The van der Waals surface area contributed by atoms with Crippen LogP contribution < -0.4 is 0 Å². The van der Waals surface area contributed by atoms with Crippen molar-refractivity contribution in [2.45, 2.75) is 39.0 Å². The van der Waals surface area contributed by atoms with E-state index in [1.165, 1.54) is 0 Å². The molecule has 0 saturated heterocycles. The summed E-state index contributed by atoms with van der Waals surface area (Å²) in [4.78, 5) is 0. The van der Waals surface area contributed by atoms with E-state index in [1.807, 2.05) is 0 Å². The molecule has 0 aromatic heterocycles. The van der Waals surface area contributed by atoms with Crippen LogP contribution in [0.4, 0.5) is 13.2 Å². The van der Waals surface area contributed by atoms with Crippen molar-refractivity contribution in [1.82, 2.24) is 0 Å². The molecule has 6 heteroatoms. The minimum Gasteiger partial charge on any atom is -0.395 e. The molecule has 0 radical (unpaired) electrons. The van der Waals surface area contributed by atoms with Crippen molar-refractivity contribution >= 4 is 8.56 Å². The van der Waals surface area contributed by atoms with Crippen LogP contribution in [0.1, 0.15) is 20.3 Å². The van der Waals surface area contributed by atoms with Crippen LogP contribution in [0, 0.1) is 0 Å². The fourth-order valence-corrected chi connectivity index (χ4v) is 3.50. The van der Waals surface area contributed by atoms with Crippen LogP contribution in [0.3, 0.4) is 0 Å². The average molecular weight is 230 g/mol. The highest BCUT2D eigenvalue weighted by atomic mass is 28.4. The molecule has 0 spiro atoms. The smallest absolute Gasteiger partial charge is 0.389 e. The summed E-state index contributed by atoms with van der Waals surface area (Å²) in [5, 5.41) is 0. The topological polar surface area (TPSA) is 18.5 Å². The second-order valence-corrected chi connectivity index (χ2v) is 6.46. The van der Waals surface area contributed by atoms with Gasteiger partial charge in [-0.05, 0) is 26.4 Å². The van der Waals surface area contributed by atoms with Crippen LogP contribution in [0.2, 0.25) is 12.6 Å². The van der Waals surface area contributed by atoms with E-state index in [4.69, 9.17) is 8.85 Å². The van der Waals surface area contributed by atoms with Crippen LogP contribution in [-0.4, -0.2) is 28.0 Å². The molecule has 0 fully saturated rings. The summed E-state index contributed by atoms with van der Waals surface area (Å²) >= 11 is 0. The molecule has 86 valence electrons. The summed E-state index contributed by atoms with van der Waals surface area (Å²) in [6.07, 6.45) is -4.95. The van der Waals surface area contributed by atoms with Gasteiger partial charge in [-0.3, -0.25) is 0 Å². The van der Waals surface area contributed by atoms with Crippen molar-refractivity contribution in [3.05, 3.63) is 0 Å². The van der Waals surface area contributed by atoms with Gasteiger partial charge in [0.1, 0.15) is 0 Å². The van der Waals surface area contributed by atoms with Gasteiger partial charge < -0.3 is 8.85 Å². The number of halogens is 3. The SMILES string of the molecule is CCO[Si](C)(CCC(F)(F)F)OCC. The van der Waals surface area contributed by atoms with Gasteiger partial charge in [0, 0.05) is 19.6 Å². The van der Waals surface area contributed by atoms with Crippen molar-refractivity contribution in [2.24, 2.45) is 0 Å². The third kappa shape index (κ3) is 6.39. The monoisotopic (exact) mass is 230 g/mol. The highest BCUT2D eigenvalue weighted by Crippen LogP contribution is 2.27. The van der Waals surface area contributed by atoms with E-state index in [9.17, 15) is 13.2 Å². The van der Waals surface area contributed by atoms with Crippen LogP contribution in [0.5, 0.6) is 0 Å². The van der Waals surface area contributed by atoms with E-state index in [2.05, 4.69) is 0 Å². The van der Waals surface area contributed by atoms with Crippen molar-refractivity contribution in [2.75, 3.05) is 13.2 Å². The predicted molar refractivity (Wildman–Crippen MR) is 50.3 cm³/mol. The Hall–Kier alpha value is -0.0731. The summed E-state index contributed by atoms with van der Waals surface area (Å²) in [6, 6.07) is -0.0296. The molecule has 0 heterocycles. The highest BCUT2D eigenvalue weighted by Gasteiger charge is 2.37. The van der Waals surface area contributed by atoms with Gasteiger partial charge in [0.05, 0.1) is 0 Å². The first-order chi connectivity index (χ1) is 6.33. The van der Waals surface area contributed by atoms with Crippen molar-refractivity contribution < 1.29 is 22.0 Å². The van der Waals surface area contributed by atoms with Gasteiger partial charge in [-0.25, -0.2) is 0 Å². The van der Waals surface area contributed by atoms with Gasteiger partial charge in [0.25, 0.3) is 0 Å². The Bertz CT molecular complexity index is 155. The van der Waals surface area contributed by atoms with Gasteiger partial charge in [0.2, 0.25) is 0 Å². The number of hydrogen-bond donors (Lipinski definition) is 0. The van der Waals surface area contributed by atoms with Crippen LogP contribution >= 0.6 is 0 Å². The third-order valence-electron chi connectivity index (χ3n) is 1.76. The molecule has 0 aliphatic carbocycles. The molecule has 0 aromatic carbocycles. The Balaban J connectivity index is 4.08. The predicted octanol–water partition coefficient (Wildman–Crippen LogP) is 3.08. The van der Waals surface area contributed by atoms with Crippen molar-refractivity contribution in [3.63, 3.8) is 0 Å². The maximum atomic E-state index is 12.0. The lowest BCUT2D eigenvalue weighted by atomic mass is 10.5. The zero-order valence-corrected chi connectivity index (χ0v) is 9.78. The number of alkyl halides is 3. The Labute approximate surface area is 83.6 Å². The Kier molecular flexibility index (Phi) is 5.69. The molecule has 0 atom stereocenters. The molecule has 0 aromatic rings. The first-order valence-electron chi connectivity index (χ1n) is 4.67. The van der Waals surface area contributed by atoms with E-state index in [-0.39, 0.29) is 6.04 Å². The molecule has 2 nitrogen and oxygen atoms in total. The molecule has 0 saturated carbocycles. The minimum atomic E-state index is -4.12. The Morgan fingerprint density at radius 1 is 1.07 bits per heavy atom. The van der Waals surface area contributed by atoms with E-state index >= 15 is 0 Å². The molecule has 0 rings (SSSR count). The third-order valence-corrected chi connectivity index (χ3v) is 4.72. The molecule has 0 aliphatic heterocycles. The van der Waals surface area contributed by atoms with Gasteiger partial charge in [-0.15, -0.1) is 0 Å². The first-order valence-corrected chi connectivity index (χ1v) is 7.20. The average Bonchev–Trinajstić information content (AvgIpc) is 2.01. The molecule has 14 heavy (non-hydrogen) atoms. The van der Waals surface area contributed by atoms with E-state index in [1.54, 1.807) is 20.4 Å². The molecular formula is C8H17F3O2Si. The fraction of sp³-hybridized carbons (Fsp3) is 1.00. The summed E-state index contributed by atoms with van der Waals surface area (Å²) in [7, 11) is -2.58. The zero-order chi connectivity index (χ0) is 11.2. The van der Waals surface area contributed by atoms with Crippen LogP contribution in [-0.2, 0) is 8.85 Å². The first kappa shape index (κ1) is 13.9. The summed E-state index contributed by atoms with van der Waals surface area (Å²) in [6.45, 7) is 6.00. The molecule has 0 unspecified atom stereocenters. The van der Waals surface area contributed by atoms with Crippen molar-refractivity contribution in [1.29, 1.82) is 0 Å². The standard InChI is InChI=1S/C8H17F3O2Si/c1-4-12-14(3,13-5-2)7-6-8(9,10)11/h4-7H2,1-3H3. The fourth-order valence-electron chi connectivity index (χ4n) is 1.17. The summed E-state index contributed by atoms with van der Waals surface area (Å²) in [5.74, 6) is 0. The van der Waals surface area contributed by atoms with Crippen LogP contribution in [0.15, 0.2) is 0 Å². The van der Waals surface area contributed by atoms with Gasteiger partial charge >= 0.3 is 14.7 Å². The Morgan fingerprint density at radius 3 is 1.79 bits per heavy atom. The van der Waals surface area contributed by atoms with E-state index in [0.29, 0.717) is 13.2 Å². The summed E-state index contributed by atoms with van der Waals surface area (Å²) < 4.78 is 46.5.